The normalized spacial score (nSPS) is 11.4. The summed E-state index contributed by atoms with van der Waals surface area (Å²) in [6.45, 7) is 1.74. The van der Waals surface area contributed by atoms with Crippen LogP contribution in [0.5, 0.6) is 0 Å². The summed E-state index contributed by atoms with van der Waals surface area (Å²) in [5.41, 5.74) is 0.390. The Morgan fingerprint density at radius 3 is 2.93 bits per heavy atom. The smallest absolute Gasteiger partial charge is 0.159 e. The number of aromatic nitrogens is 1. The van der Waals surface area contributed by atoms with E-state index < -0.39 is 0 Å². The van der Waals surface area contributed by atoms with E-state index in [4.69, 9.17) is 0 Å². The average Bonchev–Trinajstić information content (AvgIpc) is 2.17. The van der Waals surface area contributed by atoms with Crippen LogP contribution in [-0.4, -0.2) is 15.9 Å². The van der Waals surface area contributed by atoms with E-state index in [1.807, 2.05) is 0 Å². The third-order valence-electron chi connectivity index (χ3n) is 1.62. The minimum atomic E-state index is -0.121. The second kappa shape index (κ2) is 4.91. The average molecular weight is 256 g/mol. The number of halogens is 1. The first-order valence-corrected chi connectivity index (χ1v) is 4.99. The third-order valence-corrected chi connectivity index (χ3v) is 2.07. The summed E-state index contributed by atoms with van der Waals surface area (Å²) >= 11 is 3.18. The Morgan fingerprint density at radius 1 is 1.64 bits per heavy atom. The molecular weight excluding hydrogens is 246 g/mol. The highest BCUT2D eigenvalue weighted by Gasteiger charge is 2.03. The monoisotopic (exact) mass is 255 g/mol. The minimum Gasteiger partial charge on any atom is -0.506 e. The van der Waals surface area contributed by atoms with Gasteiger partial charge in [-0.2, -0.15) is 0 Å². The van der Waals surface area contributed by atoms with Crippen LogP contribution in [0.1, 0.15) is 19.0 Å². The van der Waals surface area contributed by atoms with E-state index in [1.165, 1.54) is 6.08 Å². The first-order chi connectivity index (χ1) is 6.63. The summed E-state index contributed by atoms with van der Waals surface area (Å²) < 4.78 is 0.624. The third kappa shape index (κ3) is 2.96. The Labute approximate surface area is 90.6 Å². The Morgan fingerprint density at radius 2 is 2.36 bits per heavy atom. The lowest BCUT2D eigenvalue weighted by Gasteiger charge is -1.98. The number of pyridine rings is 1. The molecule has 0 radical (unpaired) electrons. The second-order valence-corrected chi connectivity index (χ2v) is 3.51. The Balaban J connectivity index is 2.94. The van der Waals surface area contributed by atoms with Crippen LogP contribution < -0.4 is 0 Å². The van der Waals surface area contributed by atoms with Gasteiger partial charge in [0.15, 0.2) is 5.78 Å². The van der Waals surface area contributed by atoms with Gasteiger partial charge in [0.05, 0.1) is 0 Å². The Kier molecular flexibility index (Phi) is 3.83. The first kappa shape index (κ1) is 10.9. The summed E-state index contributed by atoms with van der Waals surface area (Å²) in [4.78, 5) is 15.0. The van der Waals surface area contributed by atoms with E-state index >= 15 is 0 Å². The maximum atomic E-state index is 11.0. The summed E-state index contributed by atoms with van der Waals surface area (Å²) in [6.07, 6.45) is 1.56. The van der Waals surface area contributed by atoms with E-state index in [1.54, 1.807) is 25.1 Å². The molecule has 1 heterocycles. The van der Waals surface area contributed by atoms with Crippen molar-refractivity contribution in [1.29, 1.82) is 0 Å². The molecule has 0 atom stereocenters. The zero-order chi connectivity index (χ0) is 10.6. The van der Waals surface area contributed by atoms with Gasteiger partial charge in [0.25, 0.3) is 0 Å². The van der Waals surface area contributed by atoms with Crippen LogP contribution in [0.25, 0.3) is 5.76 Å². The van der Waals surface area contributed by atoms with Gasteiger partial charge in [0.1, 0.15) is 16.1 Å². The molecule has 1 aromatic heterocycles. The van der Waals surface area contributed by atoms with Crippen molar-refractivity contribution >= 4 is 27.5 Å². The molecule has 0 unspecified atom stereocenters. The molecule has 0 fully saturated rings. The number of hydrogen-bond donors (Lipinski definition) is 1. The Hall–Kier alpha value is -1.16. The minimum absolute atomic E-state index is 0.0989. The van der Waals surface area contributed by atoms with E-state index in [2.05, 4.69) is 20.9 Å². The van der Waals surface area contributed by atoms with Gasteiger partial charge in [-0.15, -0.1) is 0 Å². The number of aliphatic hydroxyl groups is 1. The molecule has 0 bridgehead atoms. The van der Waals surface area contributed by atoms with Crippen molar-refractivity contribution in [1.82, 2.24) is 4.98 Å². The highest BCUT2D eigenvalue weighted by molar-refractivity contribution is 9.10. The predicted octanol–water partition coefficient (Wildman–Crippen LogP) is 2.72. The summed E-state index contributed by atoms with van der Waals surface area (Å²) in [6, 6.07) is 5.13. The maximum absolute atomic E-state index is 11.0. The molecule has 4 heteroatoms. The summed E-state index contributed by atoms with van der Waals surface area (Å²) in [7, 11) is 0. The number of aliphatic hydroxyl groups excluding tert-OH is 1. The maximum Gasteiger partial charge on any atom is 0.159 e. The number of nitrogens with zero attached hydrogens (tertiary/aromatic N) is 1. The van der Waals surface area contributed by atoms with Crippen LogP contribution in [0.2, 0.25) is 0 Å². The van der Waals surface area contributed by atoms with Gasteiger partial charge in [0, 0.05) is 12.5 Å². The summed E-state index contributed by atoms with van der Waals surface area (Å²) in [5, 5.41) is 9.50. The molecular formula is C10H10BrNO2. The van der Waals surface area contributed by atoms with Crippen LogP contribution in [-0.2, 0) is 4.79 Å². The molecule has 14 heavy (non-hydrogen) atoms. The Bertz CT molecular complexity index is 374. The van der Waals surface area contributed by atoms with Crippen LogP contribution in [0.4, 0.5) is 0 Å². The lowest BCUT2D eigenvalue weighted by molar-refractivity contribution is -0.114. The van der Waals surface area contributed by atoms with Crippen molar-refractivity contribution in [3.05, 3.63) is 34.6 Å². The standard InChI is InChI=1S/C10H10BrNO2/c1-2-7(13)6-9(14)8-4-3-5-10(11)12-8/h3-6,14H,2H2,1H3/b9-6-. The van der Waals surface area contributed by atoms with E-state index in [0.29, 0.717) is 16.7 Å². The summed E-state index contributed by atoms with van der Waals surface area (Å²) in [5.74, 6) is -0.220. The number of rotatable bonds is 3. The number of allylic oxidation sites excluding steroid dienone is 1. The highest BCUT2D eigenvalue weighted by atomic mass is 79.9. The van der Waals surface area contributed by atoms with Crippen molar-refractivity contribution in [3.63, 3.8) is 0 Å². The van der Waals surface area contributed by atoms with Crippen LogP contribution in [0.15, 0.2) is 28.9 Å². The second-order valence-electron chi connectivity index (χ2n) is 2.69. The highest BCUT2D eigenvalue weighted by Crippen LogP contribution is 2.12. The van der Waals surface area contributed by atoms with E-state index in [-0.39, 0.29) is 11.5 Å². The molecule has 0 aliphatic carbocycles. The molecule has 0 aromatic carbocycles. The van der Waals surface area contributed by atoms with Crippen LogP contribution >= 0.6 is 15.9 Å². The molecule has 0 aliphatic rings. The number of carbonyl (C=O) groups is 1. The van der Waals surface area contributed by atoms with Gasteiger partial charge in [-0.05, 0) is 28.1 Å². The fourth-order valence-corrected chi connectivity index (χ4v) is 1.22. The van der Waals surface area contributed by atoms with Crippen molar-refractivity contribution in [2.45, 2.75) is 13.3 Å². The first-order valence-electron chi connectivity index (χ1n) is 4.20. The zero-order valence-electron chi connectivity index (χ0n) is 7.70. The van der Waals surface area contributed by atoms with Gasteiger partial charge >= 0.3 is 0 Å². The molecule has 0 saturated carbocycles. The van der Waals surface area contributed by atoms with E-state index in [0.717, 1.165) is 0 Å². The van der Waals surface area contributed by atoms with E-state index in [9.17, 15) is 9.90 Å². The largest absolute Gasteiger partial charge is 0.506 e. The van der Waals surface area contributed by atoms with Crippen molar-refractivity contribution in [3.8, 4) is 0 Å². The van der Waals surface area contributed by atoms with Gasteiger partial charge in [-0.1, -0.05) is 13.0 Å². The molecule has 3 nitrogen and oxygen atoms in total. The molecule has 0 aliphatic heterocycles. The van der Waals surface area contributed by atoms with Gasteiger partial charge in [0.2, 0.25) is 0 Å². The molecule has 1 rings (SSSR count). The van der Waals surface area contributed by atoms with Crippen molar-refractivity contribution in [2.24, 2.45) is 0 Å². The molecule has 0 amide bonds. The van der Waals surface area contributed by atoms with Gasteiger partial charge in [-0.25, -0.2) is 4.98 Å². The van der Waals surface area contributed by atoms with Crippen LogP contribution in [0.3, 0.4) is 0 Å². The quantitative estimate of drug-likeness (QED) is 0.514. The molecule has 74 valence electrons. The van der Waals surface area contributed by atoms with Crippen molar-refractivity contribution < 1.29 is 9.90 Å². The zero-order valence-corrected chi connectivity index (χ0v) is 9.28. The lowest BCUT2D eigenvalue weighted by Crippen LogP contribution is -1.94. The number of carbonyl (C=O) groups excluding carboxylic acids is 1. The van der Waals surface area contributed by atoms with Crippen molar-refractivity contribution in [2.75, 3.05) is 0 Å². The SMILES string of the molecule is CCC(=O)/C=C(\O)c1cccc(Br)n1. The topological polar surface area (TPSA) is 50.2 Å². The number of hydrogen-bond acceptors (Lipinski definition) is 3. The predicted molar refractivity (Wildman–Crippen MR) is 57.8 cm³/mol. The molecule has 1 N–H and O–H groups in total. The fraction of sp³-hybridized carbons (Fsp3) is 0.200. The lowest BCUT2D eigenvalue weighted by atomic mass is 10.2. The number of ketones is 1. The van der Waals surface area contributed by atoms with Gasteiger partial charge in [-0.3, -0.25) is 4.79 Å². The van der Waals surface area contributed by atoms with Crippen LogP contribution in [0, 0.1) is 0 Å². The molecule has 0 spiro atoms. The molecule has 1 aromatic rings. The molecule has 0 saturated heterocycles. The van der Waals surface area contributed by atoms with Gasteiger partial charge < -0.3 is 5.11 Å². The fourth-order valence-electron chi connectivity index (χ4n) is 0.879.